The van der Waals surface area contributed by atoms with Crippen molar-refractivity contribution in [3.8, 4) is 5.75 Å². The van der Waals surface area contributed by atoms with Crippen LogP contribution in [0.15, 0.2) is 77.9 Å². The maximum Gasteiger partial charge on any atom is 0.191 e. The van der Waals surface area contributed by atoms with Crippen LogP contribution < -0.4 is 15.5 Å². The fraction of sp³-hybridized carbons (Fsp3) is 0.0476. The molecule has 0 aromatic heterocycles. The van der Waals surface area contributed by atoms with Gasteiger partial charge >= 0.3 is 0 Å². The average Bonchev–Trinajstić information content (AvgIpc) is 2.68. The zero-order valence-corrected chi connectivity index (χ0v) is 17.1. The maximum atomic E-state index is 5.94. The first kappa shape index (κ1) is 20.1. The van der Waals surface area contributed by atoms with E-state index in [1.807, 2.05) is 60.7 Å². The quantitative estimate of drug-likeness (QED) is 0.291. The molecule has 3 aromatic carbocycles. The Bertz CT molecular complexity index is 960. The molecule has 0 saturated heterocycles. The summed E-state index contributed by atoms with van der Waals surface area (Å²) in [4.78, 5) is 0. The first-order valence-electron chi connectivity index (χ1n) is 8.41. The molecule has 0 unspecified atom stereocenters. The molecule has 0 aliphatic heterocycles. The molecule has 0 bridgehead atoms. The Labute approximate surface area is 179 Å². The lowest BCUT2D eigenvalue weighted by Gasteiger charge is -2.07. The molecule has 0 spiro atoms. The molecule has 0 fully saturated rings. The molecule has 0 amide bonds. The Morgan fingerprint density at radius 3 is 2.43 bits per heavy atom. The minimum Gasteiger partial charge on any atom is -0.489 e. The number of rotatable bonds is 6. The van der Waals surface area contributed by atoms with Gasteiger partial charge in [-0.1, -0.05) is 41.4 Å². The number of hydrogen-bond acceptors (Lipinski definition) is 3. The Morgan fingerprint density at radius 1 is 0.964 bits per heavy atom. The van der Waals surface area contributed by atoms with Gasteiger partial charge < -0.3 is 10.1 Å². The van der Waals surface area contributed by atoms with Crippen molar-refractivity contribution < 1.29 is 4.74 Å². The van der Waals surface area contributed by atoms with E-state index in [1.165, 1.54) is 0 Å². The van der Waals surface area contributed by atoms with E-state index in [1.54, 1.807) is 18.3 Å². The van der Waals surface area contributed by atoms with Gasteiger partial charge in [0.2, 0.25) is 0 Å². The van der Waals surface area contributed by atoms with E-state index >= 15 is 0 Å². The van der Waals surface area contributed by atoms with E-state index in [0.717, 1.165) is 22.6 Å². The zero-order chi connectivity index (χ0) is 19.8. The second kappa shape index (κ2) is 10.1. The van der Waals surface area contributed by atoms with Crippen molar-refractivity contribution in [1.82, 2.24) is 5.43 Å². The summed E-state index contributed by atoms with van der Waals surface area (Å²) in [6, 6.07) is 22.5. The van der Waals surface area contributed by atoms with Gasteiger partial charge in [0, 0.05) is 15.7 Å². The number of anilines is 1. The third-order valence-corrected chi connectivity index (χ3v) is 4.34. The molecule has 4 nitrogen and oxygen atoms in total. The van der Waals surface area contributed by atoms with Crippen LogP contribution in [0.4, 0.5) is 5.69 Å². The van der Waals surface area contributed by atoms with Crippen molar-refractivity contribution >= 4 is 52.4 Å². The van der Waals surface area contributed by atoms with Gasteiger partial charge in [0.25, 0.3) is 0 Å². The van der Waals surface area contributed by atoms with Crippen molar-refractivity contribution in [2.75, 3.05) is 5.32 Å². The number of halogens is 2. The van der Waals surface area contributed by atoms with Crippen LogP contribution in [0.1, 0.15) is 11.1 Å². The summed E-state index contributed by atoms with van der Waals surface area (Å²) in [5, 5.41) is 8.86. The summed E-state index contributed by atoms with van der Waals surface area (Å²) in [6.45, 7) is 0.482. The monoisotopic (exact) mass is 429 g/mol. The number of thiocarbonyl (C=S) groups is 1. The van der Waals surface area contributed by atoms with Crippen LogP contribution >= 0.6 is 35.4 Å². The predicted octanol–water partition coefficient (Wildman–Crippen LogP) is 5.89. The summed E-state index contributed by atoms with van der Waals surface area (Å²) in [7, 11) is 0. The van der Waals surface area contributed by atoms with E-state index in [9.17, 15) is 0 Å². The number of nitrogens with one attached hydrogen (secondary N) is 2. The van der Waals surface area contributed by atoms with E-state index in [2.05, 4.69) is 15.8 Å². The van der Waals surface area contributed by atoms with Gasteiger partial charge in [0.05, 0.1) is 6.21 Å². The lowest BCUT2D eigenvalue weighted by molar-refractivity contribution is 0.306. The lowest BCUT2D eigenvalue weighted by atomic mass is 10.2. The highest BCUT2D eigenvalue weighted by Crippen LogP contribution is 2.16. The van der Waals surface area contributed by atoms with E-state index < -0.39 is 0 Å². The molecule has 0 aliphatic rings. The predicted molar refractivity (Wildman–Crippen MR) is 121 cm³/mol. The minimum atomic E-state index is 0.376. The molecule has 142 valence electrons. The van der Waals surface area contributed by atoms with Gasteiger partial charge in [-0.2, -0.15) is 5.10 Å². The fourth-order valence-electron chi connectivity index (χ4n) is 2.29. The van der Waals surface area contributed by atoms with Crippen LogP contribution in [0.2, 0.25) is 10.0 Å². The number of hydrazone groups is 1. The lowest BCUT2D eigenvalue weighted by Crippen LogP contribution is -2.23. The van der Waals surface area contributed by atoms with Crippen molar-refractivity contribution in [3.63, 3.8) is 0 Å². The summed E-state index contributed by atoms with van der Waals surface area (Å²) < 4.78 is 5.76. The highest BCUT2D eigenvalue weighted by Gasteiger charge is 1.98. The molecule has 28 heavy (non-hydrogen) atoms. The van der Waals surface area contributed by atoms with Crippen molar-refractivity contribution in [2.45, 2.75) is 6.61 Å². The van der Waals surface area contributed by atoms with Crippen LogP contribution in [-0.2, 0) is 6.61 Å². The Balaban J connectivity index is 1.46. The van der Waals surface area contributed by atoms with Gasteiger partial charge in [0.1, 0.15) is 12.4 Å². The molecule has 0 radical (unpaired) electrons. The van der Waals surface area contributed by atoms with Gasteiger partial charge in [-0.05, 0) is 77.9 Å². The summed E-state index contributed by atoms with van der Waals surface area (Å²) in [5.41, 5.74) is 5.53. The largest absolute Gasteiger partial charge is 0.489 e. The van der Waals surface area contributed by atoms with E-state index in [0.29, 0.717) is 21.8 Å². The van der Waals surface area contributed by atoms with Crippen molar-refractivity contribution in [1.29, 1.82) is 0 Å². The average molecular weight is 430 g/mol. The van der Waals surface area contributed by atoms with Gasteiger partial charge in [-0.15, -0.1) is 0 Å². The highest BCUT2D eigenvalue weighted by molar-refractivity contribution is 7.80. The first-order chi connectivity index (χ1) is 13.6. The molecular formula is C21H17Cl2N3OS. The first-order valence-corrected chi connectivity index (χ1v) is 9.58. The summed E-state index contributed by atoms with van der Waals surface area (Å²) in [5.74, 6) is 0.776. The number of nitrogens with zero attached hydrogens (tertiary/aromatic N) is 1. The third kappa shape index (κ3) is 6.53. The number of hydrogen-bond donors (Lipinski definition) is 2. The highest BCUT2D eigenvalue weighted by atomic mass is 35.5. The Hall–Kier alpha value is -2.60. The molecule has 0 saturated carbocycles. The third-order valence-electron chi connectivity index (χ3n) is 3.66. The number of benzene rings is 3. The maximum absolute atomic E-state index is 5.94. The summed E-state index contributed by atoms with van der Waals surface area (Å²) >= 11 is 17.0. The SMILES string of the molecule is S=C(N/N=C/c1ccc(OCc2ccc(Cl)cc2)cc1)Nc1cccc(Cl)c1. The second-order valence-corrected chi connectivity index (χ2v) is 7.10. The van der Waals surface area contributed by atoms with E-state index in [-0.39, 0.29) is 0 Å². The van der Waals surface area contributed by atoms with Crippen LogP contribution in [0, 0.1) is 0 Å². The van der Waals surface area contributed by atoms with Gasteiger partial charge in [-0.25, -0.2) is 0 Å². The normalized spacial score (nSPS) is 10.6. The molecule has 0 atom stereocenters. The topological polar surface area (TPSA) is 45.7 Å². The molecule has 7 heteroatoms. The standard InChI is InChI=1S/C21H17Cl2N3OS/c22-17-8-4-16(5-9-17)14-27-20-10-6-15(7-11-20)13-24-26-21(28)25-19-3-1-2-18(23)12-19/h1-13H,14H2,(H2,25,26,28)/b24-13+. The molecular weight excluding hydrogens is 413 g/mol. The Kier molecular flexibility index (Phi) is 7.25. The van der Waals surface area contributed by atoms with Crippen LogP contribution in [0.5, 0.6) is 5.75 Å². The van der Waals surface area contributed by atoms with E-state index in [4.69, 9.17) is 40.2 Å². The smallest absolute Gasteiger partial charge is 0.191 e. The van der Waals surface area contributed by atoms with Crippen LogP contribution in [-0.4, -0.2) is 11.3 Å². The molecule has 2 N–H and O–H groups in total. The van der Waals surface area contributed by atoms with Crippen molar-refractivity contribution in [2.24, 2.45) is 5.10 Å². The molecule has 3 rings (SSSR count). The Morgan fingerprint density at radius 2 is 1.71 bits per heavy atom. The molecule has 0 heterocycles. The van der Waals surface area contributed by atoms with Crippen LogP contribution in [0.25, 0.3) is 0 Å². The summed E-state index contributed by atoms with van der Waals surface area (Å²) in [6.07, 6.45) is 1.68. The zero-order valence-electron chi connectivity index (χ0n) is 14.7. The van der Waals surface area contributed by atoms with Crippen LogP contribution in [0.3, 0.4) is 0 Å². The minimum absolute atomic E-state index is 0.376. The molecule has 3 aromatic rings. The fourth-order valence-corrected chi connectivity index (χ4v) is 2.77. The van der Waals surface area contributed by atoms with Gasteiger partial charge in [0.15, 0.2) is 5.11 Å². The van der Waals surface area contributed by atoms with Crippen molar-refractivity contribution in [3.05, 3.63) is 94.0 Å². The van der Waals surface area contributed by atoms with Gasteiger partial charge in [-0.3, -0.25) is 5.43 Å². The second-order valence-electron chi connectivity index (χ2n) is 5.82. The molecule has 0 aliphatic carbocycles. The number of ether oxygens (including phenoxy) is 1.